The molecule has 1 aromatic heterocycles. The molecule has 1 aromatic carbocycles. The lowest BCUT2D eigenvalue weighted by atomic mass is 9.89. The highest BCUT2D eigenvalue weighted by atomic mass is 16.3. The number of aliphatic hydroxyl groups is 1. The Kier molecular flexibility index (Phi) is 2.35. The Balaban J connectivity index is 2.34. The summed E-state index contributed by atoms with van der Waals surface area (Å²) in [5.74, 6) is 0. The van der Waals surface area contributed by atoms with Crippen LogP contribution in [0.1, 0.15) is 23.2 Å². The topological polar surface area (TPSA) is 33.1 Å². The maximum Gasteiger partial charge on any atom is 0.121 e. The van der Waals surface area contributed by atoms with Gasteiger partial charge in [0, 0.05) is 23.9 Å². The van der Waals surface area contributed by atoms with E-state index in [2.05, 4.69) is 17.6 Å². The summed E-state index contributed by atoms with van der Waals surface area (Å²) in [6.07, 6.45) is 4.04. The fourth-order valence-electron chi connectivity index (χ4n) is 2.76. The summed E-state index contributed by atoms with van der Waals surface area (Å²) < 4.78 is 0. The summed E-state index contributed by atoms with van der Waals surface area (Å²) in [6.45, 7) is 5.72. The van der Waals surface area contributed by atoms with E-state index in [0.717, 1.165) is 27.9 Å². The molecule has 0 amide bonds. The molecular formula is C16H15NO. The number of nitrogens with zero attached hydrogens (tertiary/aromatic N) is 1. The Morgan fingerprint density at radius 2 is 2.06 bits per heavy atom. The largest absolute Gasteiger partial charge is 0.380 e. The third-order valence-corrected chi connectivity index (χ3v) is 3.59. The van der Waals surface area contributed by atoms with Crippen LogP contribution >= 0.6 is 0 Å². The molecule has 0 saturated heterocycles. The minimum Gasteiger partial charge on any atom is -0.380 e. The van der Waals surface area contributed by atoms with E-state index in [1.165, 1.54) is 0 Å². The Morgan fingerprint density at radius 1 is 1.28 bits per heavy atom. The standard InChI is InChI=1S/C16H15NO/c1-3-8-16(18)14-7-5-4-6-12(14)13-9-11(2)17-10-15(13)16/h3-7,9-10,18H,1,8H2,2H3. The molecule has 1 aliphatic carbocycles. The smallest absolute Gasteiger partial charge is 0.121 e. The number of fused-ring (bicyclic) bond motifs is 3. The zero-order valence-electron chi connectivity index (χ0n) is 10.4. The van der Waals surface area contributed by atoms with Crippen LogP contribution in [0.5, 0.6) is 0 Å². The first-order chi connectivity index (χ1) is 8.66. The summed E-state index contributed by atoms with van der Waals surface area (Å²) in [4.78, 5) is 4.32. The van der Waals surface area contributed by atoms with Gasteiger partial charge < -0.3 is 5.11 Å². The van der Waals surface area contributed by atoms with Crippen molar-refractivity contribution >= 4 is 0 Å². The van der Waals surface area contributed by atoms with Gasteiger partial charge in [-0.2, -0.15) is 0 Å². The lowest BCUT2D eigenvalue weighted by Gasteiger charge is -2.23. The minimum atomic E-state index is -0.978. The molecule has 1 heterocycles. The van der Waals surface area contributed by atoms with Gasteiger partial charge in [0.15, 0.2) is 0 Å². The van der Waals surface area contributed by atoms with Crippen LogP contribution in [0.2, 0.25) is 0 Å². The highest BCUT2D eigenvalue weighted by Gasteiger charge is 2.40. The van der Waals surface area contributed by atoms with Gasteiger partial charge in [0.05, 0.1) is 0 Å². The van der Waals surface area contributed by atoms with Crippen molar-refractivity contribution in [1.29, 1.82) is 0 Å². The van der Waals surface area contributed by atoms with Crippen molar-refractivity contribution in [2.75, 3.05) is 0 Å². The molecule has 0 fully saturated rings. The summed E-state index contributed by atoms with van der Waals surface area (Å²) in [6, 6.07) is 10.0. The van der Waals surface area contributed by atoms with Crippen LogP contribution in [-0.2, 0) is 5.60 Å². The van der Waals surface area contributed by atoms with Gasteiger partial charge in [0.1, 0.15) is 5.60 Å². The molecule has 1 atom stereocenters. The summed E-state index contributed by atoms with van der Waals surface area (Å²) in [5.41, 5.74) is 4.01. The molecule has 0 spiro atoms. The van der Waals surface area contributed by atoms with Crippen LogP contribution in [0.15, 0.2) is 49.2 Å². The normalized spacial score (nSPS) is 20.3. The number of aromatic nitrogens is 1. The lowest BCUT2D eigenvalue weighted by Crippen LogP contribution is -2.23. The SMILES string of the molecule is C=CCC1(O)c2ccccc2-c2cc(C)ncc21. The molecule has 1 aliphatic rings. The van der Waals surface area contributed by atoms with E-state index < -0.39 is 5.60 Å². The van der Waals surface area contributed by atoms with E-state index in [-0.39, 0.29) is 0 Å². The van der Waals surface area contributed by atoms with Crippen molar-refractivity contribution in [3.05, 3.63) is 66.0 Å². The van der Waals surface area contributed by atoms with Crippen LogP contribution < -0.4 is 0 Å². The van der Waals surface area contributed by atoms with Crippen molar-refractivity contribution in [2.24, 2.45) is 0 Å². The molecular weight excluding hydrogens is 222 g/mol. The summed E-state index contributed by atoms with van der Waals surface area (Å²) in [5, 5.41) is 11.0. The Hall–Kier alpha value is -1.93. The average Bonchev–Trinajstić information content (AvgIpc) is 2.61. The molecule has 0 radical (unpaired) electrons. The van der Waals surface area contributed by atoms with E-state index in [1.54, 1.807) is 12.3 Å². The quantitative estimate of drug-likeness (QED) is 0.814. The van der Waals surface area contributed by atoms with E-state index in [9.17, 15) is 5.11 Å². The molecule has 1 unspecified atom stereocenters. The molecule has 2 nitrogen and oxygen atoms in total. The summed E-state index contributed by atoms with van der Waals surface area (Å²) in [7, 11) is 0. The van der Waals surface area contributed by atoms with Crippen LogP contribution in [0.25, 0.3) is 11.1 Å². The predicted octanol–water partition coefficient (Wildman–Crippen LogP) is 3.18. The molecule has 18 heavy (non-hydrogen) atoms. The molecule has 1 N–H and O–H groups in total. The van der Waals surface area contributed by atoms with Gasteiger partial charge >= 0.3 is 0 Å². The Labute approximate surface area is 107 Å². The second-order valence-corrected chi connectivity index (χ2v) is 4.77. The number of pyridine rings is 1. The van der Waals surface area contributed by atoms with Gasteiger partial charge in [-0.1, -0.05) is 30.3 Å². The van der Waals surface area contributed by atoms with E-state index in [0.29, 0.717) is 6.42 Å². The van der Waals surface area contributed by atoms with E-state index in [1.807, 2.05) is 31.2 Å². The van der Waals surface area contributed by atoms with Crippen molar-refractivity contribution in [3.8, 4) is 11.1 Å². The van der Waals surface area contributed by atoms with Crippen LogP contribution in [0, 0.1) is 6.92 Å². The number of aryl methyl sites for hydroxylation is 1. The summed E-state index contributed by atoms with van der Waals surface area (Å²) >= 11 is 0. The predicted molar refractivity (Wildman–Crippen MR) is 72.2 cm³/mol. The van der Waals surface area contributed by atoms with Crippen LogP contribution in [-0.4, -0.2) is 10.1 Å². The second kappa shape index (κ2) is 3.79. The van der Waals surface area contributed by atoms with E-state index in [4.69, 9.17) is 0 Å². The van der Waals surface area contributed by atoms with Gasteiger partial charge in [-0.15, -0.1) is 6.58 Å². The number of rotatable bonds is 2. The molecule has 3 rings (SSSR count). The number of hydrogen-bond donors (Lipinski definition) is 1. The Bertz CT molecular complexity index is 633. The molecule has 0 saturated carbocycles. The van der Waals surface area contributed by atoms with Crippen molar-refractivity contribution in [3.63, 3.8) is 0 Å². The van der Waals surface area contributed by atoms with Gasteiger partial charge in [0.2, 0.25) is 0 Å². The van der Waals surface area contributed by atoms with Crippen molar-refractivity contribution in [1.82, 2.24) is 4.98 Å². The van der Waals surface area contributed by atoms with Gasteiger partial charge in [-0.3, -0.25) is 4.98 Å². The maximum atomic E-state index is 11.0. The zero-order valence-corrected chi connectivity index (χ0v) is 10.4. The number of benzene rings is 1. The van der Waals surface area contributed by atoms with Gasteiger partial charge in [-0.05, 0) is 29.7 Å². The first kappa shape index (κ1) is 11.2. The van der Waals surface area contributed by atoms with Gasteiger partial charge in [0.25, 0.3) is 0 Å². The van der Waals surface area contributed by atoms with Gasteiger partial charge in [-0.25, -0.2) is 0 Å². The van der Waals surface area contributed by atoms with Crippen LogP contribution in [0.3, 0.4) is 0 Å². The van der Waals surface area contributed by atoms with Crippen molar-refractivity contribution in [2.45, 2.75) is 18.9 Å². The van der Waals surface area contributed by atoms with Crippen molar-refractivity contribution < 1.29 is 5.11 Å². The molecule has 2 aromatic rings. The molecule has 0 aliphatic heterocycles. The fourth-order valence-corrected chi connectivity index (χ4v) is 2.76. The Morgan fingerprint density at radius 3 is 2.83 bits per heavy atom. The fraction of sp³-hybridized carbons (Fsp3) is 0.188. The van der Waals surface area contributed by atoms with E-state index >= 15 is 0 Å². The molecule has 0 bridgehead atoms. The molecule has 2 heteroatoms. The third kappa shape index (κ3) is 1.36. The highest BCUT2D eigenvalue weighted by Crippen LogP contribution is 2.48. The minimum absolute atomic E-state index is 0.502. The lowest BCUT2D eigenvalue weighted by molar-refractivity contribution is 0.0888. The highest BCUT2D eigenvalue weighted by molar-refractivity contribution is 5.80. The van der Waals surface area contributed by atoms with Crippen LogP contribution in [0.4, 0.5) is 0 Å². The third-order valence-electron chi connectivity index (χ3n) is 3.59. The first-order valence-electron chi connectivity index (χ1n) is 6.07. The first-order valence-corrected chi connectivity index (χ1v) is 6.07. The second-order valence-electron chi connectivity index (χ2n) is 4.77. The number of hydrogen-bond acceptors (Lipinski definition) is 2. The average molecular weight is 237 g/mol. The maximum absolute atomic E-state index is 11.0. The molecule has 90 valence electrons. The monoisotopic (exact) mass is 237 g/mol. The zero-order chi connectivity index (χ0) is 12.8.